The Balaban J connectivity index is 2.54. The number of carbonyl (C=O) groups is 1. The van der Waals surface area contributed by atoms with Gasteiger partial charge in [-0.2, -0.15) is 0 Å². The van der Waals surface area contributed by atoms with E-state index in [-0.39, 0.29) is 5.78 Å². The monoisotopic (exact) mass is 165 g/mol. The van der Waals surface area contributed by atoms with E-state index in [9.17, 15) is 4.79 Å². The fourth-order valence-electron chi connectivity index (χ4n) is 0.810. The van der Waals surface area contributed by atoms with Crippen molar-refractivity contribution in [1.82, 2.24) is 15.3 Å². The highest BCUT2D eigenvalue weighted by Crippen LogP contribution is 1.95. The zero-order valence-corrected chi connectivity index (χ0v) is 6.95. The second kappa shape index (κ2) is 4.56. The Hall–Kier alpha value is -1.29. The molecule has 0 unspecified atom stereocenters. The van der Waals surface area contributed by atoms with Crippen molar-refractivity contribution in [3.8, 4) is 0 Å². The van der Waals surface area contributed by atoms with Crippen molar-refractivity contribution >= 4 is 5.78 Å². The number of Topliss-reactive ketones (excluding diaryl/α,β-unsaturated/α-hetero) is 1. The third-order valence-electron chi connectivity index (χ3n) is 1.45. The summed E-state index contributed by atoms with van der Waals surface area (Å²) in [5, 5.41) is 2.90. The first-order chi connectivity index (χ1) is 5.84. The van der Waals surface area contributed by atoms with Crippen LogP contribution in [0.5, 0.6) is 0 Å². The third-order valence-corrected chi connectivity index (χ3v) is 1.45. The lowest BCUT2D eigenvalue weighted by atomic mass is 10.2. The Bertz CT molecular complexity index is 248. The molecule has 4 nitrogen and oxygen atoms in total. The molecule has 64 valence electrons. The van der Waals surface area contributed by atoms with E-state index < -0.39 is 0 Å². The number of nitrogens with zero attached hydrogens (tertiary/aromatic N) is 2. The molecule has 0 aliphatic rings. The van der Waals surface area contributed by atoms with E-state index in [1.54, 1.807) is 6.20 Å². The SMILES string of the molecule is CNCCC(=O)c1cnccn1. The van der Waals surface area contributed by atoms with Crippen molar-refractivity contribution in [2.45, 2.75) is 6.42 Å². The van der Waals surface area contributed by atoms with Crippen molar-refractivity contribution < 1.29 is 4.79 Å². The van der Waals surface area contributed by atoms with Crippen LogP contribution in [0.15, 0.2) is 18.6 Å². The predicted molar refractivity (Wildman–Crippen MR) is 44.9 cm³/mol. The Morgan fingerprint density at radius 2 is 2.42 bits per heavy atom. The van der Waals surface area contributed by atoms with Gasteiger partial charge in [-0.1, -0.05) is 0 Å². The van der Waals surface area contributed by atoms with Crippen LogP contribution in [-0.4, -0.2) is 29.3 Å². The summed E-state index contributed by atoms with van der Waals surface area (Å²) in [6.45, 7) is 0.676. The molecule has 1 rings (SSSR count). The topological polar surface area (TPSA) is 54.9 Å². The van der Waals surface area contributed by atoms with Crippen LogP contribution in [0.3, 0.4) is 0 Å². The van der Waals surface area contributed by atoms with Crippen LogP contribution in [0.2, 0.25) is 0 Å². The van der Waals surface area contributed by atoms with Crippen LogP contribution in [0.1, 0.15) is 16.9 Å². The Morgan fingerprint density at radius 1 is 1.58 bits per heavy atom. The molecule has 0 atom stereocenters. The summed E-state index contributed by atoms with van der Waals surface area (Å²) in [6, 6.07) is 0. The smallest absolute Gasteiger partial charge is 0.184 e. The minimum absolute atomic E-state index is 0.0254. The molecule has 0 saturated heterocycles. The van der Waals surface area contributed by atoms with E-state index >= 15 is 0 Å². The summed E-state index contributed by atoms with van der Waals surface area (Å²) < 4.78 is 0. The van der Waals surface area contributed by atoms with Crippen LogP contribution in [0, 0.1) is 0 Å². The number of hydrogen-bond donors (Lipinski definition) is 1. The van der Waals surface area contributed by atoms with E-state index in [0.717, 1.165) is 0 Å². The van der Waals surface area contributed by atoms with Gasteiger partial charge in [0.05, 0.1) is 6.20 Å². The lowest BCUT2D eigenvalue weighted by Gasteiger charge is -1.97. The molecule has 12 heavy (non-hydrogen) atoms. The lowest BCUT2D eigenvalue weighted by molar-refractivity contribution is 0.0978. The largest absolute Gasteiger partial charge is 0.319 e. The number of aromatic nitrogens is 2. The normalized spacial score (nSPS) is 9.75. The zero-order valence-electron chi connectivity index (χ0n) is 6.95. The fraction of sp³-hybridized carbons (Fsp3) is 0.375. The van der Waals surface area contributed by atoms with Gasteiger partial charge in [0.15, 0.2) is 5.78 Å². The minimum atomic E-state index is 0.0254. The van der Waals surface area contributed by atoms with Gasteiger partial charge in [-0.3, -0.25) is 9.78 Å². The van der Waals surface area contributed by atoms with E-state index in [2.05, 4.69) is 15.3 Å². The van der Waals surface area contributed by atoms with Crippen LogP contribution < -0.4 is 5.32 Å². The quantitative estimate of drug-likeness (QED) is 0.650. The molecule has 0 aromatic carbocycles. The van der Waals surface area contributed by atoms with Gasteiger partial charge in [0.2, 0.25) is 0 Å². The first-order valence-corrected chi connectivity index (χ1v) is 3.78. The Morgan fingerprint density at radius 3 is 3.00 bits per heavy atom. The Labute approximate surface area is 71.0 Å². The van der Waals surface area contributed by atoms with Gasteiger partial charge in [0.1, 0.15) is 5.69 Å². The molecule has 0 saturated carbocycles. The molecule has 4 heteroatoms. The minimum Gasteiger partial charge on any atom is -0.319 e. The molecule has 0 bridgehead atoms. The van der Waals surface area contributed by atoms with Gasteiger partial charge in [0.25, 0.3) is 0 Å². The predicted octanol–water partition coefficient (Wildman–Crippen LogP) is 0.269. The summed E-state index contributed by atoms with van der Waals surface area (Å²) in [6.07, 6.45) is 5.02. The molecule has 0 spiro atoms. The molecular formula is C8H11N3O. The molecule has 0 radical (unpaired) electrons. The van der Waals surface area contributed by atoms with E-state index in [4.69, 9.17) is 0 Å². The van der Waals surface area contributed by atoms with Crippen molar-refractivity contribution in [3.63, 3.8) is 0 Å². The maximum absolute atomic E-state index is 11.3. The second-order valence-corrected chi connectivity index (χ2v) is 2.37. The molecule has 1 aromatic rings. The summed E-state index contributed by atoms with van der Waals surface area (Å²) in [5.74, 6) is 0.0254. The van der Waals surface area contributed by atoms with E-state index in [1.807, 2.05) is 7.05 Å². The van der Waals surface area contributed by atoms with Crippen molar-refractivity contribution in [3.05, 3.63) is 24.3 Å². The average Bonchev–Trinajstić information content (AvgIpc) is 2.15. The number of rotatable bonds is 4. The summed E-state index contributed by atoms with van der Waals surface area (Å²) in [5.41, 5.74) is 0.438. The lowest BCUT2D eigenvalue weighted by Crippen LogP contribution is -2.13. The average molecular weight is 165 g/mol. The number of nitrogens with one attached hydrogen (secondary N) is 1. The molecular weight excluding hydrogens is 154 g/mol. The highest BCUT2D eigenvalue weighted by molar-refractivity contribution is 5.93. The highest BCUT2D eigenvalue weighted by Gasteiger charge is 2.04. The summed E-state index contributed by atoms with van der Waals surface area (Å²) in [7, 11) is 1.81. The fourth-order valence-corrected chi connectivity index (χ4v) is 0.810. The summed E-state index contributed by atoms with van der Waals surface area (Å²) in [4.78, 5) is 19.0. The summed E-state index contributed by atoms with van der Waals surface area (Å²) >= 11 is 0. The van der Waals surface area contributed by atoms with Crippen molar-refractivity contribution in [2.75, 3.05) is 13.6 Å². The number of carbonyl (C=O) groups excluding carboxylic acids is 1. The van der Waals surface area contributed by atoms with Gasteiger partial charge in [-0.15, -0.1) is 0 Å². The van der Waals surface area contributed by atoms with E-state index in [0.29, 0.717) is 18.7 Å². The first kappa shape index (κ1) is 8.80. The second-order valence-electron chi connectivity index (χ2n) is 2.37. The van der Waals surface area contributed by atoms with Gasteiger partial charge in [-0.25, -0.2) is 4.98 Å². The van der Waals surface area contributed by atoms with Gasteiger partial charge >= 0.3 is 0 Å². The van der Waals surface area contributed by atoms with Crippen molar-refractivity contribution in [1.29, 1.82) is 0 Å². The number of hydrogen-bond acceptors (Lipinski definition) is 4. The molecule has 0 aliphatic carbocycles. The zero-order chi connectivity index (χ0) is 8.81. The van der Waals surface area contributed by atoms with Crippen LogP contribution in [0.25, 0.3) is 0 Å². The third kappa shape index (κ3) is 2.39. The van der Waals surface area contributed by atoms with Crippen molar-refractivity contribution in [2.24, 2.45) is 0 Å². The molecule has 1 N–H and O–H groups in total. The van der Waals surface area contributed by atoms with Gasteiger partial charge in [0, 0.05) is 25.4 Å². The van der Waals surface area contributed by atoms with Crippen LogP contribution >= 0.6 is 0 Å². The maximum atomic E-state index is 11.3. The van der Waals surface area contributed by atoms with E-state index in [1.165, 1.54) is 12.4 Å². The molecule has 0 aliphatic heterocycles. The standard InChI is InChI=1S/C8H11N3O/c1-9-3-2-8(12)7-6-10-4-5-11-7/h4-6,9H,2-3H2,1H3. The van der Waals surface area contributed by atoms with Crippen LogP contribution in [0.4, 0.5) is 0 Å². The first-order valence-electron chi connectivity index (χ1n) is 3.78. The molecule has 0 fully saturated rings. The maximum Gasteiger partial charge on any atom is 0.184 e. The molecule has 1 aromatic heterocycles. The van der Waals surface area contributed by atoms with Gasteiger partial charge in [-0.05, 0) is 7.05 Å². The molecule has 1 heterocycles. The Kier molecular flexibility index (Phi) is 3.35. The van der Waals surface area contributed by atoms with Crippen LogP contribution in [-0.2, 0) is 0 Å². The highest BCUT2D eigenvalue weighted by atomic mass is 16.1. The number of ketones is 1. The van der Waals surface area contributed by atoms with Gasteiger partial charge < -0.3 is 5.32 Å². The molecule has 0 amide bonds.